The van der Waals surface area contributed by atoms with E-state index in [4.69, 9.17) is 0 Å². The van der Waals surface area contributed by atoms with Crippen LogP contribution in [-0.4, -0.2) is 58.8 Å². The molecule has 1 fully saturated rings. The van der Waals surface area contributed by atoms with Gasteiger partial charge in [-0.3, -0.25) is 14.5 Å². The molecular weight excluding hydrogens is 312 g/mol. The van der Waals surface area contributed by atoms with E-state index in [2.05, 4.69) is 20.6 Å². The van der Waals surface area contributed by atoms with Crippen molar-refractivity contribution in [2.45, 2.75) is 40.3 Å². The lowest BCUT2D eigenvalue weighted by Gasteiger charge is -2.37. The predicted molar refractivity (Wildman–Crippen MR) is 91.2 cm³/mol. The minimum absolute atomic E-state index is 0.0272. The normalized spacial score (nSPS) is 17.3. The van der Waals surface area contributed by atoms with Gasteiger partial charge < -0.3 is 10.2 Å². The molecule has 1 aliphatic rings. The maximum absolute atomic E-state index is 12.6. The molecule has 1 aromatic rings. The van der Waals surface area contributed by atoms with Crippen LogP contribution in [0.5, 0.6) is 0 Å². The number of carbonyl (C=O) groups excluding carboxylic acids is 2. The summed E-state index contributed by atoms with van der Waals surface area (Å²) in [6.45, 7) is 11.3. The first-order chi connectivity index (χ1) is 10.9. The number of hydrogen-bond donors (Lipinski definition) is 1. The largest absolute Gasteiger partial charge is 0.344 e. The van der Waals surface area contributed by atoms with Gasteiger partial charge in [0, 0.05) is 45.0 Å². The van der Waals surface area contributed by atoms with E-state index < -0.39 is 6.04 Å². The van der Waals surface area contributed by atoms with Crippen molar-refractivity contribution >= 4 is 23.2 Å². The van der Waals surface area contributed by atoms with Crippen LogP contribution in [0.2, 0.25) is 0 Å². The quantitative estimate of drug-likeness (QED) is 0.878. The second kappa shape index (κ2) is 7.88. The molecule has 0 spiro atoms. The molecule has 1 N–H and O–H groups in total. The molecule has 23 heavy (non-hydrogen) atoms. The number of nitrogens with zero attached hydrogens (tertiary/aromatic N) is 3. The van der Waals surface area contributed by atoms with Crippen molar-refractivity contribution in [3.63, 3.8) is 0 Å². The maximum Gasteiger partial charge on any atom is 0.245 e. The molecular formula is C16H26N4O2S. The Labute approximate surface area is 141 Å². The van der Waals surface area contributed by atoms with Crippen LogP contribution in [0.15, 0.2) is 5.38 Å². The number of piperazine rings is 1. The molecule has 128 valence electrons. The van der Waals surface area contributed by atoms with Crippen molar-refractivity contribution < 1.29 is 9.59 Å². The van der Waals surface area contributed by atoms with Gasteiger partial charge in [-0.2, -0.15) is 0 Å². The first-order valence-electron chi connectivity index (χ1n) is 8.06. The SMILES string of the molecule is CC(=O)NC(C(=O)N1CCN(Cc2csc(C)n2)CC1)C(C)C. The molecule has 0 saturated carbocycles. The van der Waals surface area contributed by atoms with E-state index >= 15 is 0 Å². The molecule has 1 aliphatic heterocycles. The zero-order chi connectivity index (χ0) is 17.0. The highest BCUT2D eigenvalue weighted by Gasteiger charge is 2.30. The van der Waals surface area contributed by atoms with Crippen LogP contribution in [0.25, 0.3) is 0 Å². The minimum Gasteiger partial charge on any atom is -0.344 e. The lowest BCUT2D eigenvalue weighted by Crippen LogP contribution is -2.56. The van der Waals surface area contributed by atoms with Crippen LogP contribution in [-0.2, 0) is 16.1 Å². The Bertz CT molecular complexity index is 550. The van der Waals surface area contributed by atoms with E-state index in [1.165, 1.54) is 6.92 Å². The second-order valence-corrected chi connectivity index (χ2v) is 7.44. The Kier molecular flexibility index (Phi) is 6.12. The zero-order valence-electron chi connectivity index (χ0n) is 14.3. The number of nitrogens with one attached hydrogen (secondary N) is 1. The van der Waals surface area contributed by atoms with Crippen molar-refractivity contribution in [1.82, 2.24) is 20.1 Å². The molecule has 0 aromatic carbocycles. The average Bonchev–Trinajstić information content (AvgIpc) is 2.89. The average molecular weight is 338 g/mol. The summed E-state index contributed by atoms with van der Waals surface area (Å²) in [4.78, 5) is 32.6. The van der Waals surface area contributed by atoms with Gasteiger partial charge in [0.25, 0.3) is 0 Å². The third kappa shape index (κ3) is 5.00. The van der Waals surface area contributed by atoms with E-state index in [0.717, 1.165) is 30.3 Å². The molecule has 6 nitrogen and oxygen atoms in total. The van der Waals surface area contributed by atoms with Gasteiger partial charge in [0.15, 0.2) is 0 Å². The lowest BCUT2D eigenvalue weighted by molar-refractivity contribution is -0.138. The predicted octanol–water partition coefficient (Wildman–Crippen LogP) is 1.26. The summed E-state index contributed by atoms with van der Waals surface area (Å²) in [7, 11) is 0. The molecule has 1 atom stereocenters. The van der Waals surface area contributed by atoms with Gasteiger partial charge in [-0.05, 0) is 12.8 Å². The first-order valence-corrected chi connectivity index (χ1v) is 8.94. The van der Waals surface area contributed by atoms with E-state index in [0.29, 0.717) is 13.1 Å². The van der Waals surface area contributed by atoms with Crippen LogP contribution in [0.3, 0.4) is 0 Å². The van der Waals surface area contributed by atoms with Gasteiger partial charge in [-0.1, -0.05) is 13.8 Å². The molecule has 2 rings (SSSR count). The number of rotatable bonds is 5. The van der Waals surface area contributed by atoms with Crippen LogP contribution < -0.4 is 5.32 Å². The van der Waals surface area contributed by atoms with E-state index in [1.807, 2.05) is 25.7 Å². The van der Waals surface area contributed by atoms with Gasteiger partial charge in [0.2, 0.25) is 11.8 Å². The molecule has 1 aromatic heterocycles. The van der Waals surface area contributed by atoms with Crippen LogP contribution in [0.4, 0.5) is 0 Å². The molecule has 0 bridgehead atoms. The number of amides is 2. The van der Waals surface area contributed by atoms with Crippen molar-refractivity contribution in [2.75, 3.05) is 26.2 Å². The van der Waals surface area contributed by atoms with Crippen molar-refractivity contribution in [3.05, 3.63) is 16.1 Å². The van der Waals surface area contributed by atoms with E-state index in [9.17, 15) is 9.59 Å². The fourth-order valence-corrected chi connectivity index (χ4v) is 3.37. The summed E-state index contributed by atoms with van der Waals surface area (Å²) in [5, 5.41) is 5.96. The molecule has 0 radical (unpaired) electrons. The number of hydrogen-bond acceptors (Lipinski definition) is 5. The minimum atomic E-state index is -0.430. The number of carbonyl (C=O) groups is 2. The van der Waals surface area contributed by atoms with Crippen LogP contribution in [0, 0.1) is 12.8 Å². The molecule has 2 amide bonds. The first kappa shape index (κ1) is 17.9. The summed E-state index contributed by atoms with van der Waals surface area (Å²) in [5.74, 6) is -0.0450. The monoisotopic (exact) mass is 338 g/mol. The highest BCUT2D eigenvalue weighted by molar-refractivity contribution is 7.09. The third-order valence-corrected chi connectivity index (χ3v) is 4.85. The third-order valence-electron chi connectivity index (χ3n) is 4.03. The Morgan fingerprint density at radius 3 is 2.43 bits per heavy atom. The second-order valence-electron chi connectivity index (χ2n) is 6.38. The van der Waals surface area contributed by atoms with Gasteiger partial charge in [-0.15, -0.1) is 11.3 Å². The summed E-state index contributed by atoms with van der Waals surface area (Å²) in [6, 6.07) is -0.430. The van der Waals surface area contributed by atoms with Crippen molar-refractivity contribution in [2.24, 2.45) is 5.92 Å². The molecule has 1 saturated heterocycles. The molecule has 1 unspecified atom stereocenters. The lowest BCUT2D eigenvalue weighted by atomic mass is 10.0. The molecule has 0 aliphatic carbocycles. The number of thiazole rings is 1. The van der Waals surface area contributed by atoms with Crippen molar-refractivity contribution in [1.29, 1.82) is 0 Å². The number of aryl methyl sites for hydroxylation is 1. The van der Waals surface area contributed by atoms with Gasteiger partial charge in [-0.25, -0.2) is 4.98 Å². The Morgan fingerprint density at radius 1 is 1.30 bits per heavy atom. The summed E-state index contributed by atoms with van der Waals surface area (Å²) in [5.41, 5.74) is 1.10. The maximum atomic E-state index is 12.6. The van der Waals surface area contributed by atoms with Crippen LogP contribution in [0.1, 0.15) is 31.5 Å². The van der Waals surface area contributed by atoms with E-state index in [1.54, 1.807) is 11.3 Å². The van der Waals surface area contributed by atoms with Crippen molar-refractivity contribution in [3.8, 4) is 0 Å². The smallest absolute Gasteiger partial charge is 0.245 e. The van der Waals surface area contributed by atoms with Gasteiger partial charge in [0.1, 0.15) is 6.04 Å². The van der Waals surface area contributed by atoms with Gasteiger partial charge in [0.05, 0.1) is 10.7 Å². The molecule has 7 heteroatoms. The fraction of sp³-hybridized carbons (Fsp3) is 0.688. The summed E-state index contributed by atoms with van der Waals surface area (Å²) >= 11 is 1.67. The zero-order valence-corrected chi connectivity index (χ0v) is 15.2. The van der Waals surface area contributed by atoms with E-state index in [-0.39, 0.29) is 17.7 Å². The number of aromatic nitrogens is 1. The van der Waals surface area contributed by atoms with Crippen LogP contribution >= 0.6 is 11.3 Å². The fourth-order valence-electron chi connectivity index (χ4n) is 2.77. The standard InChI is InChI=1S/C16H26N4O2S/c1-11(2)15(17-12(3)21)16(22)20-7-5-19(6-8-20)9-14-10-23-13(4)18-14/h10-11,15H,5-9H2,1-4H3,(H,17,21). The Morgan fingerprint density at radius 2 is 1.96 bits per heavy atom. The van der Waals surface area contributed by atoms with Gasteiger partial charge >= 0.3 is 0 Å². The summed E-state index contributed by atoms with van der Waals surface area (Å²) < 4.78 is 0. The highest BCUT2D eigenvalue weighted by Crippen LogP contribution is 2.14. The molecule has 2 heterocycles. The highest BCUT2D eigenvalue weighted by atomic mass is 32.1. The summed E-state index contributed by atoms with van der Waals surface area (Å²) in [6.07, 6.45) is 0. The Balaban J connectivity index is 1.87. The topological polar surface area (TPSA) is 65.5 Å². The Hall–Kier alpha value is -1.47.